The molecule has 1 saturated heterocycles. The highest BCUT2D eigenvalue weighted by atomic mass is 16.5. The molecule has 0 saturated carbocycles. The Morgan fingerprint density at radius 2 is 2.30 bits per heavy atom. The van der Waals surface area contributed by atoms with E-state index in [2.05, 4.69) is 16.8 Å². The van der Waals surface area contributed by atoms with Gasteiger partial charge in [-0.15, -0.1) is 0 Å². The molecule has 1 unspecified atom stereocenters. The SMILES string of the molecule is CCN1CCOC(COc2cnc3ccccc3c2)C1. The highest BCUT2D eigenvalue weighted by Crippen LogP contribution is 2.18. The molecular weight excluding hydrogens is 252 g/mol. The van der Waals surface area contributed by atoms with E-state index in [0.29, 0.717) is 6.61 Å². The molecule has 1 atom stereocenters. The lowest BCUT2D eigenvalue weighted by molar-refractivity contribution is -0.0464. The first kappa shape index (κ1) is 13.3. The molecule has 1 aromatic heterocycles. The van der Waals surface area contributed by atoms with Crippen LogP contribution < -0.4 is 4.74 Å². The van der Waals surface area contributed by atoms with Crippen LogP contribution in [0.15, 0.2) is 36.5 Å². The largest absolute Gasteiger partial charge is 0.489 e. The number of likely N-dealkylation sites (N-methyl/N-ethyl adjacent to an activating group) is 1. The summed E-state index contributed by atoms with van der Waals surface area (Å²) in [4.78, 5) is 6.78. The van der Waals surface area contributed by atoms with Crippen LogP contribution in [-0.2, 0) is 4.74 Å². The zero-order chi connectivity index (χ0) is 13.8. The number of nitrogens with zero attached hydrogens (tertiary/aromatic N) is 2. The lowest BCUT2D eigenvalue weighted by Gasteiger charge is -2.31. The summed E-state index contributed by atoms with van der Waals surface area (Å²) in [7, 11) is 0. The summed E-state index contributed by atoms with van der Waals surface area (Å²) in [5, 5.41) is 1.10. The smallest absolute Gasteiger partial charge is 0.138 e. The molecule has 0 aliphatic carbocycles. The third kappa shape index (κ3) is 3.08. The monoisotopic (exact) mass is 272 g/mol. The molecule has 1 fully saturated rings. The van der Waals surface area contributed by atoms with Crippen molar-refractivity contribution in [2.75, 3.05) is 32.8 Å². The van der Waals surface area contributed by atoms with Crippen molar-refractivity contribution < 1.29 is 9.47 Å². The van der Waals surface area contributed by atoms with Crippen LogP contribution in [0.5, 0.6) is 5.75 Å². The van der Waals surface area contributed by atoms with Gasteiger partial charge in [-0.3, -0.25) is 9.88 Å². The lowest BCUT2D eigenvalue weighted by Crippen LogP contribution is -2.44. The lowest BCUT2D eigenvalue weighted by atomic mass is 10.2. The van der Waals surface area contributed by atoms with E-state index in [4.69, 9.17) is 9.47 Å². The van der Waals surface area contributed by atoms with Gasteiger partial charge in [0.1, 0.15) is 18.5 Å². The van der Waals surface area contributed by atoms with Crippen molar-refractivity contribution in [3.8, 4) is 5.75 Å². The van der Waals surface area contributed by atoms with Crippen LogP contribution in [0.25, 0.3) is 10.9 Å². The predicted octanol–water partition coefficient (Wildman–Crippen LogP) is 2.33. The highest BCUT2D eigenvalue weighted by Gasteiger charge is 2.19. The quantitative estimate of drug-likeness (QED) is 0.855. The summed E-state index contributed by atoms with van der Waals surface area (Å²) in [5.74, 6) is 0.806. The third-order valence-corrected chi connectivity index (χ3v) is 3.67. The molecule has 0 bridgehead atoms. The zero-order valence-corrected chi connectivity index (χ0v) is 11.8. The molecule has 2 heterocycles. The summed E-state index contributed by atoms with van der Waals surface area (Å²) in [5.41, 5.74) is 0.992. The summed E-state index contributed by atoms with van der Waals surface area (Å²) in [6, 6.07) is 10.1. The second-order valence-electron chi connectivity index (χ2n) is 5.06. The Kier molecular flexibility index (Phi) is 4.14. The summed E-state index contributed by atoms with van der Waals surface area (Å²) >= 11 is 0. The van der Waals surface area contributed by atoms with Crippen LogP contribution in [0.1, 0.15) is 6.92 Å². The molecule has 4 heteroatoms. The van der Waals surface area contributed by atoms with E-state index >= 15 is 0 Å². The van der Waals surface area contributed by atoms with Gasteiger partial charge >= 0.3 is 0 Å². The van der Waals surface area contributed by atoms with Gasteiger partial charge in [-0.2, -0.15) is 0 Å². The number of rotatable bonds is 4. The second-order valence-corrected chi connectivity index (χ2v) is 5.06. The number of para-hydroxylation sites is 1. The van der Waals surface area contributed by atoms with Gasteiger partial charge in [0.15, 0.2) is 0 Å². The van der Waals surface area contributed by atoms with Gasteiger partial charge in [0, 0.05) is 18.5 Å². The topological polar surface area (TPSA) is 34.6 Å². The number of pyridine rings is 1. The average molecular weight is 272 g/mol. The number of morpholine rings is 1. The standard InChI is InChI=1S/C16H20N2O2/c1-2-18-7-8-19-15(11-18)12-20-14-9-13-5-3-4-6-16(13)17-10-14/h3-6,9-10,15H,2,7-8,11-12H2,1H3. The Bertz CT molecular complexity index is 573. The minimum atomic E-state index is 0.148. The fourth-order valence-electron chi connectivity index (χ4n) is 2.49. The number of hydrogen-bond acceptors (Lipinski definition) is 4. The molecule has 0 spiro atoms. The van der Waals surface area contributed by atoms with Gasteiger partial charge < -0.3 is 9.47 Å². The van der Waals surface area contributed by atoms with Crippen molar-refractivity contribution in [3.05, 3.63) is 36.5 Å². The normalized spacial score (nSPS) is 20.1. The van der Waals surface area contributed by atoms with Gasteiger partial charge in [0.05, 0.1) is 18.3 Å². The van der Waals surface area contributed by atoms with Gasteiger partial charge in [-0.05, 0) is 18.7 Å². The fourth-order valence-corrected chi connectivity index (χ4v) is 2.49. The van der Waals surface area contributed by atoms with Crippen LogP contribution in [-0.4, -0.2) is 48.8 Å². The van der Waals surface area contributed by atoms with Crippen molar-refractivity contribution in [2.45, 2.75) is 13.0 Å². The van der Waals surface area contributed by atoms with E-state index in [1.165, 1.54) is 0 Å². The van der Waals surface area contributed by atoms with E-state index < -0.39 is 0 Å². The highest BCUT2D eigenvalue weighted by molar-refractivity contribution is 5.79. The Labute approximate surface area is 119 Å². The summed E-state index contributed by atoms with van der Waals surface area (Å²) in [6.07, 6.45) is 1.93. The van der Waals surface area contributed by atoms with Crippen molar-refractivity contribution in [2.24, 2.45) is 0 Å². The van der Waals surface area contributed by atoms with Crippen LogP contribution in [0.4, 0.5) is 0 Å². The minimum Gasteiger partial charge on any atom is -0.489 e. The molecule has 0 N–H and O–H groups in total. The van der Waals surface area contributed by atoms with E-state index in [1.807, 2.05) is 30.3 Å². The number of ether oxygens (including phenoxy) is 2. The molecule has 1 aromatic carbocycles. The average Bonchev–Trinajstić information content (AvgIpc) is 2.53. The van der Waals surface area contributed by atoms with Crippen molar-refractivity contribution in [1.29, 1.82) is 0 Å². The van der Waals surface area contributed by atoms with Gasteiger partial charge in [0.2, 0.25) is 0 Å². The molecule has 1 aliphatic heterocycles. The Morgan fingerprint density at radius 1 is 1.40 bits per heavy atom. The van der Waals surface area contributed by atoms with Crippen LogP contribution in [0, 0.1) is 0 Å². The number of fused-ring (bicyclic) bond motifs is 1. The first-order chi connectivity index (χ1) is 9.85. The van der Waals surface area contributed by atoms with Crippen LogP contribution >= 0.6 is 0 Å². The van der Waals surface area contributed by atoms with Crippen LogP contribution in [0.3, 0.4) is 0 Å². The molecule has 20 heavy (non-hydrogen) atoms. The summed E-state index contributed by atoms with van der Waals surface area (Å²) < 4.78 is 11.6. The molecule has 2 aromatic rings. The first-order valence-corrected chi connectivity index (χ1v) is 7.16. The molecule has 106 valence electrons. The van der Waals surface area contributed by atoms with E-state index in [-0.39, 0.29) is 6.10 Å². The maximum absolute atomic E-state index is 5.83. The van der Waals surface area contributed by atoms with Crippen molar-refractivity contribution in [3.63, 3.8) is 0 Å². The van der Waals surface area contributed by atoms with Crippen molar-refractivity contribution >= 4 is 10.9 Å². The minimum absolute atomic E-state index is 0.148. The molecular formula is C16H20N2O2. The third-order valence-electron chi connectivity index (χ3n) is 3.67. The van der Waals surface area contributed by atoms with Gasteiger partial charge in [-0.25, -0.2) is 0 Å². The molecule has 1 aliphatic rings. The van der Waals surface area contributed by atoms with Gasteiger partial charge in [-0.1, -0.05) is 25.1 Å². The zero-order valence-electron chi connectivity index (χ0n) is 11.8. The van der Waals surface area contributed by atoms with E-state index in [0.717, 1.165) is 42.9 Å². The Balaban J connectivity index is 1.61. The Hall–Kier alpha value is -1.65. The van der Waals surface area contributed by atoms with Crippen molar-refractivity contribution in [1.82, 2.24) is 9.88 Å². The first-order valence-electron chi connectivity index (χ1n) is 7.16. The molecule has 3 rings (SSSR count). The molecule has 0 radical (unpaired) electrons. The molecule has 4 nitrogen and oxygen atoms in total. The van der Waals surface area contributed by atoms with Crippen LogP contribution in [0.2, 0.25) is 0 Å². The number of benzene rings is 1. The number of hydrogen-bond donors (Lipinski definition) is 0. The fraction of sp³-hybridized carbons (Fsp3) is 0.438. The predicted molar refractivity (Wildman–Crippen MR) is 79.1 cm³/mol. The molecule has 0 amide bonds. The maximum atomic E-state index is 5.83. The number of aromatic nitrogens is 1. The second kappa shape index (κ2) is 6.20. The Morgan fingerprint density at radius 3 is 3.20 bits per heavy atom. The van der Waals surface area contributed by atoms with Gasteiger partial charge in [0.25, 0.3) is 0 Å². The summed E-state index contributed by atoms with van der Waals surface area (Å²) in [6.45, 7) is 6.57. The van der Waals surface area contributed by atoms with E-state index in [9.17, 15) is 0 Å². The van der Waals surface area contributed by atoms with E-state index in [1.54, 1.807) is 6.20 Å². The maximum Gasteiger partial charge on any atom is 0.138 e.